The molecule has 2 aromatic rings. The second-order valence-electron chi connectivity index (χ2n) is 8.08. The minimum Gasteiger partial charge on any atom is -0.357 e. The SMILES string of the molecule is CCNC(=NCC(c1cnn(C)c1)N(C)C)N1CCN(Cc2c(F)cccc2Cl)CC1.I. The molecule has 0 aliphatic carbocycles. The molecule has 1 aliphatic heterocycles. The summed E-state index contributed by atoms with van der Waals surface area (Å²) in [4.78, 5) is 11.6. The zero-order chi connectivity index (χ0) is 22.4. The third kappa shape index (κ3) is 7.03. The number of piperazine rings is 1. The highest BCUT2D eigenvalue weighted by Crippen LogP contribution is 2.22. The number of halogens is 3. The molecule has 10 heteroatoms. The Morgan fingerprint density at radius 1 is 1.28 bits per heavy atom. The third-order valence-corrected chi connectivity index (χ3v) is 5.95. The molecule has 1 saturated heterocycles. The van der Waals surface area contributed by atoms with Gasteiger partial charge in [-0.3, -0.25) is 14.6 Å². The Morgan fingerprint density at radius 2 is 2.00 bits per heavy atom. The number of nitrogens with zero attached hydrogens (tertiary/aromatic N) is 6. The molecule has 1 unspecified atom stereocenters. The summed E-state index contributed by atoms with van der Waals surface area (Å²) >= 11 is 6.20. The van der Waals surface area contributed by atoms with Crippen LogP contribution in [0.3, 0.4) is 0 Å². The van der Waals surface area contributed by atoms with E-state index in [4.69, 9.17) is 16.6 Å². The van der Waals surface area contributed by atoms with E-state index in [1.807, 2.05) is 24.1 Å². The Kier molecular flexibility index (Phi) is 10.7. The number of hydrogen-bond donors (Lipinski definition) is 1. The summed E-state index contributed by atoms with van der Waals surface area (Å²) in [5.41, 5.74) is 1.72. The number of aromatic nitrogens is 2. The molecule has 1 N–H and O–H groups in total. The number of aryl methyl sites for hydroxylation is 1. The van der Waals surface area contributed by atoms with Crippen LogP contribution in [0.25, 0.3) is 0 Å². The van der Waals surface area contributed by atoms with Crippen LogP contribution in [0.5, 0.6) is 0 Å². The molecule has 1 atom stereocenters. The van der Waals surface area contributed by atoms with Gasteiger partial charge < -0.3 is 15.1 Å². The van der Waals surface area contributed by atoms with E-state index < -0.39 is 0 Å². The fraction of sp³-hybridized carbons (Fsp3) is 0.545. The molecule has 0 bridgehead atoms. The smallest absolute Gasteiger partial charge is 0.194 e. The van der Waals surface area contributed by atoms with Gasteiger partial charge in [-0.25, -0.2) is 4.39 Å². The van der Waals surface area contributed by atoms with Crippen molar-refractivity contribution in [3.05, 3.63) is 52.6 Å². The molecule has 1 aliphatic rings. The van der Waals surface area contributed by atoms with E-state index in [0.29, 0.717) is 23.7 Å². The van der Waals surface area contributed by atoms with Crippen LogP contribution in [0.15, 0.2) is 35.6 Å². The largest absolute Gasteiger partial charge is 0.357 e. The molecule has 0 amide bonds. The lowest BCUT2D eigenvalue weighted by atomic mass is 10.1. The normalized spacial score (nSPS) is 16.2. The maximum Gasteiger partial charge on any atom is 0.194 e. The zero-order valence-corrected chi connectivity index (χ0v) is 22.3. The fourth-order valence-corrected chi connectivity index (χ4v) is 4.03. The van der Waals surface area contributed by atoms with Crippen molar-refractivity contribution in [1.29, 1.82) is 0 Å². The van der Waals surface area contributed by atoms with Crippen molar-refractivity contribution in [3.8, 4) is 0 Å². The van der Waals surface area contributed by atoms with E-state index in [2.05, 4.69) is 46.1 Å². The van der Waals surface area contributed by atoms with Gasteiger partial charge in [0, 0.05) is 68.7 Å². The summed E-state index contributed by atoms with van der Waals surface area (Å²) in [6.07, 6.45) is 3.94. The lowest BCUT2D eigenvalue weighted by Gasteiger charge is -2.37. The van der Waals surface area contributed by atoms with E-state index in [-0.39, 0.29) is 35.8 Å². The first-order valence-electron chi connectivity index (χ1n) is 10.7. The van der Waals surface area contributed by atoms with Gasteiger partial charge in [0.2, 0.25) is 0 Å². The maximum absolute atomic E-state index is 14.1. The maximum atomic E-state index is 14.1. The van der Waals surface area contributed by atoms with Crippen LogP contribution in [0.2, 0.25) is 5.02 Å². The van der Waals surface area contributed by atoms with Gasteiger partial charge in [-0.05, 0) is 33.2 Å². The molecule has 7 nitrogen and oxygen atoms in total. The number of likely N-dealkylation sites (N-methyl/N-ethyl adjacent to an activating group) is 1. The van der Waals surface area contributed by atoms with Crippen molar-refractivity contribution < 1.29 is 4.39 Å². The molecule has 178 valence electrons. The number of hydrogen-bond acceptors (Lipinski definition) is 4. The van der Waals surface area contributed by atoms with Crippen molar-refractivity contribution in [1.82, 2.24) is 29.8 Å². The first-order chi connectivity index (χ1) is 14.9. The standard InChI is InChI=1S/C22H33ClFN7.HI/c1-5-25-22(26-14-21(28(2)3)17-13-27-29(4)15-17)31-11-9-30(10-12-31)16-18-19(23)7-6-8-20(18)24;/h6-8,13,15,21H,5,9-12,14,16H2,1-4H3,(H,25,26);1H. The molecular formula is C22H34ClFIN7. The van der Waals surface area contributed by atoms with E-state index in [1.165, 1.54) is 6.07 Å². The van der Waals surface area contributed by atoms with Crippen molar-refractivity contribution in [2.24, 2.45) is 12.0 Å². The summed E-state index contributed by atoms with van der Waals surface area (Å²) in [5, 5.41) is 8.21. The highest BCUT2D eigenvalue weighted by Gasteiger charge is 2.22. The van der Waals surface area contributed by atoms with Gasteiger partial charge in [0.1, 0.15) is 5.82 Å². The predicted octanol–water partition coefficient (Wildman–Crippen LogP) is 3.22. The van der Waals surface area contributed by atoms with Gasteiger partial charge in [-0.2, -0.15) is 5.10 Å². The van der Waals surface area contributed by atoms with Crippen molar-refractivity contribution >= 4 is 41.5 Å². The third-order valence-electron chi connectivity index (χ3n) is 5.60. The minimum absolute atomic E-state index is 0. The summed E-state index contributed by atoms with van der Waals surface area (Å²) in [5.74, 6) is 0.678. The molecule has 1 fully saturated rings. The topological polar surface area (TPSA) is 51.9 Å². The second-order valence-corrected chi connectivity index (χ2v) is 8.49. The lowest BCUT2D eigenvalue weighted by Crippen LogP contribution is -2.52. The van der Waals surface area contributed by atoms with Crippen molar-refractivity contribution in [3.63, 3.8) is 0 Å². The van der Waals surface area contributed by atoms with Crippen LogP contribution >= 0.6 is 35.6 Å². The number of rotatable bonds is 7. The molecule has 1 aromatic heterocycles. The van der Waals surface area contributed by atoms with Crippen LogP contribution in [0.1, 0.15) is 24.1 Å². The predicted molar refractivity (Wildman–Crippen MR) is 139 cm³/mol. The minimum atomic E-state index is -0.241. The number of nitrogens with one attached hydrogen (secondary N) is 1. The Bertz CT molecular complexity index is 861. The van der Waals surface area contributed by atoms with E-state index in [9.17, 15) is 4.39 Å². The molecular weight excluding hydrogens is 544 g/mol. The number of benzene rings is 1. The molecule has 1 aromatic carbocycles. The Balaban J connectivity index is 0.00000363. The van der Waals surface area contributed by atoms with E-state index in [1.54, 1.807) is 12.1 Å². The Morgan fingerprint density at radius 3 is 2.56 bits per heavy atom. The average molecular weight is 578 g/mol. The van der Waals surface area contributed by atoms with Gasteiger partial charge in [0.25, 0.3) is 0 Å². The van der Waals surface area contributed by atoms with Crippen molar-refractivity contribution in [2.45, 2.75) is 19.5 Å². The molecule has 32 heavy (non-hydrogen) atoms. The zero-order valence-electron chi connectivity index (χ0n) is 19.3. The summed E-state index contributed by atoms with van der Waals surface area (Å²) in [6.45, 7) is 7.38. The highest BCUT2D eigenvalue weighted by molar-refractivity contribution is 14.0. The summed E-state index contributed by atoms with van der Waals surface area (Å²) in [7, 11) is 6.05. The van der Waals surface area contributed by atoms with Gasteiger partial charge in [0.15, 0.2) is 5.96 Å². The summed E-state index contributed by atoms with van der Waals surface area (Å²) < 4.78 is 16.0. The molecule has 3 rings (SSSR count). The first kappa shape index (κ1) is 26.8. The van der Waals surface area contributed by atoms with E-state index in [0.717, 1.165) is 44.2 Å². The molecule has 2 heterocycles. The van der Waals surface area contributed by atoms with Gasteiger partial charge in [-0.15, -0.1) is 24.0 Å². The average Bonchev–Trinajstić information content (AvgIpc) is 3.16. The number of guanidine groups is 1. The second kappa shape index (κ2) is 12.7. The van der Waals surface area contributed by atoms with Gasteiger partial charge in [0.05, 0.1) is 18.8 Å². The Hall–Kier alpha value is -1.43. The van der Waals surface area contributed by atoms with Crippen LogP contribution in [-0.4, -0.2) is 83.8 Å². The Labute approximate surface area is 212 Å². The molecule has 0 saturated carbocycles. The van der Waals surface area contributed by atoms with Crippen molar-refractivity contribution in [2.75, 3.05) is 53.4 Å². The van der Waals surface area contributed by atoms with Crippen LogP contribution < -0.4 is 5.32 Å². The molecule has 0 radical (unpaired) electrons. The quantitative estimate of drug-likeness (QED) is 0.311. The monoisotopic (exact) mass is 577 g/mol. The lowest BCUT2D eigenvalue weighted by molar-refractivity contribution is 0.170. The summed E-state index contributed by atoms with van der Waals surface area (Å²) in [6, 6.07) is 5.02. The van der Waals surface area contributed by atoms with Gasteiger partial charge >= 0.3 is 0 Å². The van der Waals surface area contributed by atoms with Crippen LogP contribution in [0, 0.1) is 5.82 Å². The van der Waals surface area contributed by atoms with Crippen LogP contribution in [0.4, 0.5) is 4.39 Å². The highest BCUT2D eigenvalue weighted by atomic mass is 127. The van der Waals surface area contributed by atoms with Gasteiger partial charge in [-0.1, -0.05) is 17.7 Å². The van der Waals surface area contributed by atoms with E-state index >= 15 is 0 Å². The van der Waals surface area contributed by atoms with Crippen LogP contribution in [-0.2, 0) is 13.6 Å². The molecule has 0 spiro atoms. The number of aliphatic imine (C=N–C) groups is 1. The first-order valence-corrected chi connectivity index (χ1v) is 11.1. The fourth-order valence-electron chi connectivity index (χ4n) is 3.80.